The van der Waals surface area contributed by atoms with Crippen molar-refractivity contribution in [2.24, 2.45) is 0 Å². The Labute approximate surface area is 161 Å². The van der Waals surface area contributed by atoms with Gasteiger partial charge in [-0.05, 0) is 39.0 Å². The van der Waals surface area contributed by atoms with Crippen molar-refractivity contribution >= 4 is 11.8 Å². The number of anilines is 1. The van der Waals surface area contributed by atoms with Gasteiger partial charge in [0, 0.05) is 16.8 Å². The van der Waals surface area contributed by atoms with E-state index in [-0.39, 0.29) is 10.6 Å². The van der Waals surface area contributed by atoms with Gasteiger partial charge in [0.05, 0.1) is 13.7 Å². The third kappa shape index (κ3) is 4.61. The Bertz CT molecular complexity index is 813. The first-order valence-electron chi connectivity index (χ1n) is 9.36. The second-order valence-electron chi connectivity index (χ2n) is 8.10. The molecule has 144 valence electrons. The summed E-state index contributed by atoms with van der Waals surface area (Å²) in [4.78, 5) is 13.3. The van der Waals surface area contributed by atoms with Crippen LogP contribution >= 0.6 is 0 Å². The van der Waals surface area contributed by atoms with Gasteiger partial charge >= 0.3 is 6.09 Å². The summed E-state index contributed by atoms with van der Waals surface area (Å²) in [6.07, 6.45) is -0.191. The van der Waals surface area contributed by atoms with Gasteiger partial charge in [-0.1, -0.05) is 30.3 Å². The molecule has 0 saturated carbocycles. The number of quaternary nitrogens is 1. The number of nitrogens with one attached hydrogen (secondary N) is 1. The summed E-state index contributed by atoms with van der Waals surface area (Å²) >= 11 is 0. The number of fused-ring (bicyclic) bond motifs is 1. The molecule has 1 aliphatic heterocycles. The number of carbonyl (C=O) groups excluding carboxylic acids is 1. The van der Waals surface area contributed by atoms with Crippen LogP contribution in [0, 0.1) is 0 Å². The van der Waals surface area contributed by atoms with Gasteiger partial charge in [0.2, 0.25) is 0 Å². The molecule has 1 heterocycles. The van der Waals surface area contributed by atoms with Crippen molar-refractivity contribution in [1.82, 2.24) is 0 Å². The van der Waals surface area contributed by atoms with E-state index in [9.17, 15) is 4.79 Å². The van der Waals surface area contributed by atoms with Crippen LogP contribution in [0.15, 0.2) is 48.5 Å². The molecule has 3 rings (SSSR count). The van der Waals surface area contributed by atoms with E-state index in [1.165, 1.54) is 0 Å². The summed E-state index contributed by atoms with van der Waals surface area (Å²) in [7, 11) is 1.66. The summed E-state index contributed by atoms with van der Waals surface area (Å²) in [6, 6.07) is 16.1. The number of rotatable bonds is 3. The van der Waals surface area contributed by atoms with E-state index in [4.69, 9.17) is 9.47 Å². The number of methoxy groups -OCH3 is 1. The number of benzene rings is 2. The Morgan fingerprint density at radius 2 is 1.93 bits per heavy atom. The number of carbonyl (C=O) groups is 1. The topological polar surface area (TPSA) is 47.6 Å². The SMILES string of the molecule is COc1cccc(C[N+]2(C(=O)OC(C)(C)C)CCNc3ccccc3C2)c1. The fourth-order valence-corrected chi connectivity index (χ4v) is 3.47. The number of hydrogen-bond donors (Lipinski definition) is 1. The van der Waals surface area contributed by atoms with Crippen LogP contribution in [0.25, 0.3) is 0 Å². The summed E-state index contributed by atoms with van der Waals surface area (Å²) in [5.74, 6) is 0.795. The van der Waals surface area contributed by atoms with Crippen molar-refractivity contribution in [2.75, 3.05) is 25.5 Å². The minimum atomic E-state index is -0.532. The predicted molar refractivity (Wildman–Crippen MR) is 107 cm³/mol. The first-order chi connectivity index (χ1) is 12.8. The molecular formula is C22H29N2O3+. The van der Waals surface area contributed by atoms with Crippen LogP contribution in [0.1, 0.15) is 31.9 Å². The fraction of sp³-hybridized carbons (Fsp3) is 0.409. The van der Waals surface area contributed by atoms with Crippen LogP contribution in [-0.2, 0) is 17.8 Å². The van der Waals surface area contributed by atoms with Gasteiger partial charge in [-0.15, -0.1) is 0 Å². The lowest BCUT2D eigenvalue weighted by Crippen LogP contribution is -2.54. The van der Waals surface area contributed by atoms with Crippen molar-refractivity contribution in [3.05, 3.63) is 59.7 Å². The van der Waals surface area contributed by atoms with Crippen LogP contribution in [0.5, 0.6) is 5.75 Å². The lowest BCUT2D eigenvalue weighted by atomic mass is 10.1. The molecule has 1 aliphatic rings. The molecule has 0 saturated heterocycles. The maximum atomic E-state index is 13.3. The highest BCUT2D eigenvalue weighted by Crippen LogP contribution is 2.30. The predicted octanol–water partition coefficient (Wildman–Crippen LogP) is 4.57. The lowest BCUT2D eigenvalue weighted by molar-refractivity contribution is -0.883. The van der Waals surface area contributed by atoms with E-state index in [0.717, 1.165) is 22.6 Å². The van der Waals surface area contributed by atoms with E-state index in [1.54, 1.807) is 7.11 Å². The highest BCUT2D eigenvalue weighted by atomic mass is 16.6. The highest BCUT2D eigenvalue weighted by molar-refractivity contribution is 5.62. The summed E-state index contributed by atoms with van der Waals surface area (Å²) < 4.78 is 11.4. The molecule has 1 unspecified atom stereocenters. The number of hydrogen-bond acceptors (Lipinski definition) is 4. The maximum Gasteiger partial charge on any atom is 0.517 e. The molecule has 0 aromatic heterocycles. The quantitative estimate of drug-likeness (QED) is 0.805. The lowest BCUT2D eigenvalue weighted by Gasteiger charge is -2.35. The van der Waals surface area contributed by atoms with Gasteiger partial charge < -0.3 is 14.8 Å². The zero-order valence-corrected chi connectivity index (χ0v) is 16.6. The van der Waals surface area contributed by atoms with Crippen LogP contribution in [0.3, 0.4) is 0 Å². The molecule has 1 amide bonds. The molecular weight excluding hydrogens is 340 g/mol. The van der Waals surface area contributed by atoms with Crippen molar-refractivity contribution in [3.63, 3.8) is 0 Å². The van der Waals surface area contributed by atoms with Crippen LogP contribution in [-0.4, -0.2) is 36.4 Å². The third-order valence-corrected chi connectivity index (χ3v) is 4.75. The second-order valence-corrected chi connectivity index (χ2v) is 8.10. The van der Waals surface area contributed by atoms with E-state index in [0.29, 0.717) is 26.2 Å². The van der Waals surface area contributed by atoms with E-state index in [2.05, 4.69) is 17.4 Å². The number of ether oxygens (including phenoxy) is 2. The Morgan fingerprint density at radius 3 is 2.67 bits per heavy atom. The van der Waals surface area contributed by atoms with Crippen molar-refractivity contribution < 1.29 is 18.8 Å². The first-order valence-corrected chi connectivity index (χ1v) is 9.36. The molecule has 2 aromatic rings. The monoisotopic (exact) mass is 369 g/mol. The van der Waals surface area contributed by atoms with Crippen LogP contribution < -0.4 is 10.1 Å². The molecule has 2 aromatic carbocycles. The summed E-state index contributed by atoms with van der Waals surface area (Å²) in [6.45, 7) is 8.25. The smallest absolute Gasteiger partial charge is 0.497 e. The maximum absolute atomic E-state index is 13.3. The Kier molecular flexibility index (Phi) is 5.42. The van der Waals surface area contributed by atoms with Crippen molar-refractivity contribution in [2.45, 2.75) is 39.5 Å². The number of nitrogens with zero attached hydrogens (tertiary/aromatic N) is 1. The average molecular weight is 369 g/mol. The minimum absolute atomic E-state index is 0.191. The van der Waals surface area contributed by atoms with Crippen molar-refractivity contribution in [1.29, 1.82) is 0 Å². The normalized spacial score (nSPS) is 19.4. The van der Waals surface area contributed by atoms with Gasteiger partial charge in [0.25, 0.3) is 0 Å². The van der Waals surface area contributed by atoms with Gasteiger partial charge in [-0.3, -0.25) is 0 Å². The van der Waals surface area contributed by atoms with E-state index >= 15 is 0 Å². The zero-order valence-electron chi connectivity index (χ0n) is 16.6. The highest BCUT2D eigenvalue weighted by Gasteiger charge is 2.42. The molecule has 1 N–H and O–H groups in total. The molecule has 0 aliphatic carbocycles. The Balaban J connectivity index is 1.99. The molecule has 0 spiro atoms. The summed E-state index contributed by atoms with van der Waals surface area (Å²) in [5, 5.41) is 3.46. The van der Waals surface area contributed by atoms with E-state index in [1.807, 2.05) is 57.2 Å². The van der Waals surface area contributed by atoms with Crippen LogP contribution in [0.2, 0.25) is 0 Å². The molecule has 5 heteroatoms. The van der Waals surface area contributed by atoms with Gasteiger partial charge in [0.15, 0.2) is 0 Å². The molecule has 0 radical (unpaired) electrons. The number of para-hydroxylation sites is 1. The van der Waals surface area contributed by atoms with Gasteiger partial charge in [-0.25, -0.2) is 4.48 Å². The Morgan fingerprint density at radius 1 is 1.15 bits per heavy atom. The molecule has 0 fully saturated rings. The van der Waals surface area contributed by atoms with Gasteiger partial charge in [0.1, 0.15) is 31.0 Å². The summed E-state index contributed by atoms with van der Waals surface area (Å²) in [5.41, 5.74) is 2.74. The van der Waals surface area contributed by atoms with Crippen molar-refractivity contribution in [3.8, 4) is 5.75 Å². The first kappa shape index (κ1) is 19.2. The van der Waals surface area contributed by atoms with E-state index < -0.39 is 5.60 Å². The second kappa shape index (κ2) is 7.61. The Hall–Kier alpha value is -2.53. The third-order valence-electron chi connectivity index (χ3n) is 4.75. The fourth-order valence-electron chi connectivity index (χ4n) is 3.47. The minimum Gasteiger partial charge on any atom is -0.497 e. The molecule has 27 heavy (non-hydrogen) atoms. The van der Waals surface area contributed by atoms with Crippen LogP contribution in [0.4, 0.5) is 10.5 Å². The molecule has 1 atom stereocenters. The molecule has 5 nitrogen and oxygen atoms in total. The zero-order chi connectivity index (χ0) is 19.5. The standard InChI is InChI=1S/C22H29N2O3/c1-22(2,3)27-21(25)24(15-17-8-7-10-19(14-17)26-4)13-12-23-20-11-6-5-9-18(20)16-24/h5-11,14,23H,12-13,15-16H2,1-4H3/q+1. The molecule has 0 bridgehead atoms. The average Bonchev–Trinajstić information content (AvgIpc) is 2.80. The largest absolute Gasteiger partial charge is 0.517 e. The van der Waals surface area contributed by atoms with Gasteiger partial charge in [-0.2, -0.15) is 4.79 Å². The number of amides is 1.